The highest BCUT2D eigenvalue weighted by atomic mass is 127. The fraction of sp³-hybridized carbons (Fsp3) is 0.857. The number of likely N-dealkylation sites (tertiary alicyclic amines) is 1. The number of esters is 1. The van der Waals surface area contributed by atoms with Crippen LogP contribution >= 0.6 is 24.0 Å². The standard InChI is InChI=1S/C14H28N4O2.HI/c1-5-17(3)11-8-16-14(15-2)18-9-6-12(7-10-18)13(19)20-4;/h12H,5-11H2,1-4H3,(H,15,16);1H. The van der Waals surface area contributed by atoms with Crippen LogP contribution in [0.5, 0.6) is 0 Å². The third kappa shape index (κ3) is 6.82. The fourth-order valence-electron chi connectivity index (χ4n) is 2.34. The number of halogens is 1. The second kappa shape index (κ2) is 11.1. The zero-order chi connectivity index (χ0) is 15.0. The van der Waals surface area contributed by atoms with E-state index in [0.717, 1.165) is 51.5 Å². The number of guanidine groups is 1. The molecular weight excluding hydrogens is 383 g/mol. The van der Waals surface area contributed by atoms with Crippen LogP contribution in [-0.4, -0.2) is 75.7 Å². The Labute approximate surface area is 145 Å². The smallest absolute Gasteiger partial charge is 0.308 e. The van der Waals surface area contributed by atoms with Crippen molar-refractivity contribution in [3.8, 4) is 0 Å². The molecule has 7 heteroatoms. The van der Waals surface area contributed by atoms with Gasteiger partial charge in [0.05, 0.1) is 13.0 Å². The van der Waals surface area contributed by atoms with E-state index in [1.54, 1.807) is 7.05 Å². The minimum Gasteiger partial charge on any atom is -0.469 e. The van der Waals surface area contributed by atoms with Gasteiger partial charge in [0.25, 0.3) is 0 Å². The summed E-state index contributed by atoms with van der Waals surface area (Å²) in [4.78, 5) is 20.3. The molecule has 1 fully saturated rings. The first kappa shape index (κ1) is 20.4. The van der Waals surface area contributed by atoms with Crippen molar-refractivity contribution in [2.45, 2.75) is 19.8 Å². The first-order valence-electron chi connectivity index (χ1n) is 7.34. The summed E-state index contributed by atoms with van der Waals surface area (Å²) in [5, 5.41) is 3.38. The molecule has 1 aliphatic rings. The van der Waals surface area contributed by atoms with Gasteiger partial charge in [-0.15, -0.1) is 24.0 Å². The fourth-order valence-corrected chi connectivity index (χ4v) is 2.34. The van der Waals surface area contributed by atoms with E-state index >= 15 is 0 Å². The monoisotopic (exact) mass is 412 g/mol. The number of carbonyl (C=O) groups is 1. The van der Waals surface area contributed by atoms with Crippen molar-refractivity contribution in [3.63, 3.8) is 0 Å². The number of hydrogen-bond acceptors (Lipinski definition) is 4. The van der Waals surface area contributed by atoms with Gasteiger partial charge in [-0.25, -0.2) is 0 Å². The second-order valence-corrected chi connectivity index (χ2v) is 5.15. The van der Waals surface area contributed by atoms with Crippen molar-refractivity contribution < 1.29 is 9.53 Å². The molecule has 0 bridgehead atoms. The van der Waals surface area contributed by atoms with Gasteiger partial charge in [-0.05, 0) is 26.4 Å². The largest absolute Gasteiger partial charge is 0.469 e. The molecule has 0 saturated carbocycles. The molecule has 1 rings (SSSR count). The summed E-state index contributed by atoms with van der Waals surface area (Å²) in [5.41, 5.74) is 0. The van der Waals surface area contributed by atoms with Gasteiger partial charge in [-0.2, -0.15) is 0 Å². The Hall–Kier alpha value is -0.570. The van der Waals surface area contributed by atoms with Gasteiger partial charge in [0.1, 0.15) is 0 Å². The molecule has 0 unspecified atom stereocenters. The molecule has 0 aliphatic carbocycles. The van der Waals surface area contributed by atoms with Crippen molar-refractivity contribution in [2.24, 2.45) is 10.9 Å². The van der Waals surface area contributed by atoms with E-state index in [1.807, 2.05) is 0 Å². The molecule has 0 aromatic heterocycles. The number of piperidine rings is 1. The van der Waals surface area contributed by atoms with Crippen LogP contribution in [0, 0.1) is 5.92 Å². The minimum atomic E-state index is -0.0860. The van der Waals surface area contributed by atoms with Gasteiger partial charge in [0.15, 0.2) is 5.96 Å². The number of rotatable bonds is 5. The van der Waals surface area contributed by atoms with Crippen LogP contribution in [0.4, 0.5) is 0 Å². The van der Waals surface area contributed by atoms with E-state index in [0.29, 0.717) is 0 Å². The van der Waals surface area contributed by atoms with E-state index in [4.69, 9.17) is 4.74 Å². The number of aliphatic imine (C=N–C) groups is 1. The molecule has 1 saturated heterocycles. The Morgan fingerprint density at radius 1 is 1.43 bits per heavy atom. The van der Waals surface area contributed by atoms with Crippen molar-refractivity contribution >= 4 is 35.9 Å². The third-order valence-electron chi connectivity index (χ3n) is 3.86. The van der Waals surface area contributed by atoms with Crippen LogP contribution in [0.1, 0.15) is 19.8 Å². The van der Waals surface area contributed by atoms with E-state index in [9.17, 15) is 4.79 Å². The third-order valence-corrected chi connectivity index (χ3v) is 3.86. The lowest BCUT2D eigenvalue weighted by atomic mass is 9.97. The second-order valence-electron chi connectivity index (χ2n) is 5.15. The molecule has 6 nitrogen and oxygen atoms in total. The molecule has 21 heavy (non-hydrogen) atoms. The summed E-state index contributed by atoms with van der Waals surface area (Å²) >= 11 is 0. The Balaban J connectivity index is 0.00000400. The summed E-state index contributed by atoms with van der Waals surface area (Å²) in [5.74, 6) is 0.885. The Morgan fingerprint density at radius 3 is 2.52 bits per heavy atom. The molecular formula is C14H29IN4O2. The molecule has 0 spiro atoms. The number of nitrogens with one attached hydrogen (secondary N) is 1. The van der Waals surface area contributed by atoms with E-state index in [2.05, 4.69) is 34.1 Å². The Bertz CT molecular complexity index is 331. The highest BCUT2D eigenvalue weighted by Gasteiger charge is 2.26. The Kier molecular flexibility index (Phi) is 10.8. The van der Waals surface area contributed by atoms with Crippen molar-refractivity contribution in [1.82, 2.24) is 15.1 Å². The topological polar surface area (TPSA) is 57.2 Å². The summed E-state index contributed by atoms with van der Waals surface area (Å²) in [6.45, 7) is 6.77. The van der Waals surface area contributed by atoms with E-state index in [1.165, 1.54) is 7.11 Å². The highest BCUT2D eigenvalue weighted by molar-refractivity contribution is 14.0. The van der Waals surface area contributed by atoms with Crippen LogP contribution in [-0.2, 0) is 9.53 Å². The van der Waals surface area contributed by atoms with Gasteiger partial charge in [-0.3, -0.25) is 9.79 Å². The van der Waals surface area contributed by atoms with E-state index in [-0.39, 0.29) is 35.9 Å². The number of carbonyl (C=O) groups excluding carboxylic acids is 1. The van der Waals surface area contributed by atoms with Crippen LogP contribution < -0.4 is 5.32 Å². The molecule has 0 aromatic carbocycles. The van der Waals surface area contributed by atoms with E-state index < -0.39 is 0 Å². The molecule has 0 atom stereocenters. The van der Waals surface area contributed by atoms with Gasteiger partial charge < -0.3 is 19.9 Å². The molecule has 1 heterocycles. The van der Waals surface area contributed by atoms with Gasteiger partial charge >= 0.3 is 5.97 Å². The summed E-state index contributed by atoms with van der Waals surface area (Å²) in [7, 11) is 5.37. The van der Waals surface area contributed by atoms with Gasteiger partial charge in [-0.1, -0.05) is 6.92 Å². The maximum atomic E-state index is 11.5. The van der Waals surface area contributed by atoms with Crippen molar-refractivity contribution in [2.75, 3.05) is 53.9 Å². The first-order valence-corrected chi connectivity index (χ1v) is 7.34. The molecule has 0 aromatic rings. The quantitative estimate of drug-likeness (QED) is 0.316. The number of nitrogens with zero attached hydrogens (tertiary/aromatic N) is 3. The molecule has 1 aliphatic heterocycles. The average molecular weight is 412 g/mol. The first-order chi connectivity index (χ1) is 9.62. The average Bonchev–Trinajstić information content (AvgIpc) is 2.50. The molecule has 0 amide bonds. The number of likely N-dealkylation sites (N-methyl/N-ethyl adjacent to an activating group) is 1. The number of methoxy groups -OCH3 is 1. The summed E-state index contributed by atoms with van der Waals surface area (Å²) < 4.78 is 4.81. The number of hydrogen-bond donors (Lipinski definition) is 1. The van der Waals surface area contributed by atoms with Crippen LogP contribution in [0.3, 0.4) is 0 Å². The van der Waals surface area contributed by atoms with Crippen LogP contribution in [0.2, 0.25) is 0 Å². The maximum absolute atomic E-state index is 11.5. The van der Waals surface area contributed by atoms with Crippen LogP contribution in [0.25, 0.3) is 0 Å². The predicted octanol–water partition coefficient (Wildman–Crippen LogP) is 1.02. The molecule has 1 N–H and O–H groups in total. The van der Waals surface area contributed by atoms with Crippen molar-refractivity contribution in [3.05, 3.63) is 0 Å². The van der Waals surface area contributed by atoms with Crippen LogP contribution in [0.15, 0.2) is 4.99 Å². The lowest BCUT2D eigenvalue weighted by Gasteiger charge is -2.33. The summed E-state index contributed by atoms with van der Waals surface area (Å²) in [6, 6.07) is 0. The van der Waals surface area contributed by atoms with Gasteiger partial charge in [0, 0.05) is 33.2 Å². The minimum absolute atomic E-state index is 0. The molecule has 0 radical (unpaired) electrons. The highest BCUT2D eigenvalue weighted by Crippen LogP contribution is 2.18. The lowest BCUT2D eigenvalue weighted by molar-refractivity contribution is -0.146. The normalized spacial score (nSPS) is 16.6. The summed E-state index contributed by atoms with van der Waals surface area (Å²) in [6.07, 6.45) is 1.67. The SMILES string of the molecule is CCN(C)CCNC(=NC)N1CCC(C(=O)OC)CC1.I. The zero-order valence-electron chi connectivity index (χ0n) is 13.6. The number of ether oxygens (including phenoxy) is 1. The Morgan fingerprint density at radius 2 is 2.05 bits per heavy atom. The lowest BCUT2D eigenvalue weighted by Crippen LogP contribution is -2.48. The predicted molar refractivity (Wildman–Crippen MR) is 96.3 cm³/mol. The van der Waals surface area contributed by atoms with Crippen molar-refractivity contribution in [1.29, 1.82) is 0 Å². The maximum Gasteiger partial charge on any atom is 0.308 e. The molecule has 124 valence electrons. The van der Waals surface area contributed by atoms with Gasteiger partial charge in [0.2, 0.25) is 0 Å². The zero-order valence-corrected chi connectivity index (χ0v) is 15.9.